The first-order valence-electron chi connectivity index (χ1n) is 8.40. The van der Waals surface area contributed by atoms with Gasteiger partial charge in [-0.2, -0.15) is 0 Å². The van der Waals surface area contributed by atoms with E-state index in [9.17, 15) is 19.5 Å². The van der Waals surface area contributed by atoms with Crippen LogP contribution >= 0.6 is 7.82 Å². The van der Waals surface area contributed by atoms with E-state index in [1.165, 1.54) is 17.2 Å². The molecule has 13 heteroatoms. The number of nitrogen functional groups attached to an aromatic ring is 1. The SMILES string of the molecule is C=C(C)CCOC[C@H]1O[C@@H](n2cnc3c(N)ncnc32)[C@H](O)[C@@H]1OP(=O)(O)O. The minimum Gasteiger partial charge on any atom is -0.386 e. The fourth-order valence-corrected chi connectivity index (χ4v) is 3.45. The summed E-state index contributed by atoms with van der Waals surface area (Å²) in [5.41, 5.74) is 7.30. The van der Waals surface area contributed by atoms with Crippen LogP contribution in [0.2, 0.25) is 0 Å². The van der Waals surface area contributed by atoms with E-state index in [0.717, 1.165) is 5.57 Å². The van der Waals surface area contributed by atoms with Crippen molar-refractivity contribution in [1.82, 2.24) is 19.5 Å². The van der Waals surface area contributed by atoms with Crippen molar-refractivity contribution in [3.8, 4) is 0 Å². The van der Waals surface area contributed by atoms with Crippen LogP contribution in [0.5, 0.6) is 0 Å². The Balaban J connectivity index is 1.83. The first-order chi connectivity index (χ1) is 13.2. The third-order valence-electron chi connectivity index (χ3n) is 4.18. The molecule has 0 aliphatic carbocycles. The molecule has 1 saturated heterocycles. The van der Waals surface area contributed by atoms with Gasteiger partial charge in [0.25, 0.3) is 0 Å². The van der Waals surface area contributed by atoms with E-state index in [-0.39, 0.29) is 12.4 Å². The Morgan fingerprint density at radius 3 is 2.86 bits per heavy atom. The molecule has 1 fully saturated rings. The van der Waals surface area contributed by atoms with Gasteiger partial charge >= 0.3 is 7.82 Å². The fraction of sp³-hybridized carbons (Fsp3) is 0.533. The Bertz CT molecular complexity index is 900. The Kier molecular flexibility index (Phi) is 6.10. The van der Waals surface area contributed by atoms with Crippen molar-refractivity contribution in [1.29, 1.82) is 0 Å². The summed E-state index contributed by atoms with van der Waals surface area (Å²) in [4.78, 5) is 30.4. The van der Waals surface area contributed by atoms with E-state index in [1.807, 2.05) is 6.92 Å². The molecule has 2 aromatic heterocycles. The lowest BCUT2D eigenvalue weighted by Gasteiger charge is -2.21. The van der Waals surface area contributed by atoms with Gasteiger partial charge in [0, 0.05) is 0 Å². The molecule has 0 radical (unpaired) electrons. The van der Waals surface area contributed by atoms with Crippen LogP contribution in [0, 0.1) is 0 Å². The highest BCUT2D eigenvalue weighted by atomic mass is 31.2. The summed E-state index contributed by atoms with van der Waals surface area (Å²) >= 11 is 0. The van der Waals surface area contributed by atoms with Crippen LogP contribution in [0.1, 0.15) is 19.6 Å². The van der Waals surface area contributed by atoms with Crippen molar-refractivity contribution < 1.29 is 33.5 Å². The van der Waals surface area contributed by atoms with E-state index < -0.39 is 32.4 Å². The number of aliphatic hydroxyl groups is 1. The molecule has 5 N–H and O–H groups in total. The van der Waals surface area contributed by atoms with Crippen LogP contribution in [-0.4, -0.2) is 65.9 Å². The molecular weight excluding hydrogens is 393 g/mol. The van der Waals surface area contributed by atoms with Gasteiger partial charge in [-0.3, -0.25) is 9.09 Å². The molecule has 1 aliphatic rings. The second-order valence-corrected chi connectivity index (χ2v) is 7.67. The summed E-state index contributed by atoms with van der Waals surface area (Å²) in [6.07, 6.45) is -1.55. The maximum Gasteiger partial charge on any atom is 0.470 e. The quantitative estimate of drug-likeness (QED) is 0.262. The molecule has 4 atom stereocenters. The van der Waals surface area contributed by atoms with Gasteiger partial charge in [-0.1, -0.05) is 5.57 Å². The molecule has 12 nitrogen and oxygen atoms in total. The Hall–Kier alpha value is -1.92. The molecule has 0 bridgehead atoms. The Labute approximate surface area is 160 Å². The van der Waals surface area contributed by atoms with Gasteiger partial charge in [-0.15, -0.1) is 6.58 Å². The number of phosphoric ester groups is 1. The van der Waals surface area contributed by atoms with Crippen LogP contribution in [0.3, 0.4) is 0 Å². The number of nitrogens with two attached hydrogens (primary N) is 1. The molecule has 3 rings (SSSR count). The number of nitrogens with zero attached hydrogens (tertiary/aromatic N) is 4. The summed E-state index contributed by atoms with van der Waals surface area (Å²) in [5.74, 6) is 0.152. The molecule has 2 aromatic rings. The van der Waals surface area contributed by atoms with Gasteiger partial charge in [0.05, 0.1) is 19.5 Å². The van der Waals surface area contributed by atoms with Gasteiger partial charge in [-0.25, -0.2) is 19.5 Å². The number of aliphatic hydroxyl groups excluding tert-OH is 1. The zero-order valence-corrected chi connectivity index (χ0v) is 16.0. The summed E-state index contributed by atoms with van der Waals surface area (Å²) in [6.45, 7) is 5.92. The van der Waals surface area contributed by atoms with E-state index in [1.54, 1.807) is 0 Å². The lowest BCUT2D eigenvalue weighted by Crippen LogP contribution is -2.36. The lowest BCUT2D eigenvalue weighted by atomic mass is 10.1. The third kappa shape index (κ3) is 4.55. The highest BCUT2D eigenvalue weighted by Gasteiger charge is 2.48. The normalized spacial score (nSPS) is 25.4. The first-order valence-corrected chi connectivity index (χ1v) is 9.93. The van der Waals surface area contributed by atoms with E-state index in [4.69, 9.17) is 19.7 Å². The molecule has 28 heavy (non-hydrogen) atoms. The molecule has 0 unspecified atom stereocenters. The second kappa shape index (κ2) is 8.21. The number of phosphoric acid groups is 1. The van der Waals surface area contributed by atoms with E-state index in [0.29, 0.717) is 24.2 Å². The van der Waals surface area contributed by atoms with Gasteiger partial charge in [0.15, 0.2) is 17.7 Å². The molecule has 0 spiro atoms. The minimum absolute atomic E-state index is 0.0464. The Morgan fingerprint density at radius 1 is 1.43 bits per heavy atom. The molecule has 1 aliphatic heterocycles. The number of hydrogen-bond donors (Lipinski definition) is 4. The molecule has 0 aromatic carbocycles. The number of imidazole rings is 1. The van der Waals surface area contributed by atoms with Gasteiger partial charge < -0.3 is 30.1 Å². The zero-order chi connectivity index (χ0) is 20.5. The summed E-state index contributed by atoms with van der Waals surface area (Å²) in [7, 11) is -4.88. The van der Waals surface area contributed by atoms with Gasteiger partial charge in [-0.05, 0) is 13.3 Å². The number of hydrogen-bond acceptors (Lipinski definition) is 9. The molecule has 3 heterocycles. The number of anilines is 1. The smallest absolute Gasteiger partial charge is 0.386 e. The number of rotatable bonds is 8. The lowest BCUT2D eigenvalue weighted by molar-refractivity contribution is -0.0646. The van der Waals surface area contributed by atoms with Crippen molar-refractivity contribution in [2.45, 2.75) is 37.9 Å². The van der Waals surface area contributed by atoms with Crippen molar-refractivity contribution in [3.05, 3.63) is 24.8 Å². The summed E-state index contributed by atoms with van der Waals surface area (Å²) in [5, 5.41) is 10.6. The number of ether oxygens (including phenoxy) is 2. The molecule has 0 saturated carbocycles. The maximum atomic E-state index is 11.3. The highest BCUT2D eigenvalue weighted by Crippen LogP contribution is 2.44. The monoisotopic (exact) mass is 415 g/mol. The van der Waals surface area contributed by atoms with E-state index >= 15 is 0 Å². The van der Waals surface area contributed by atoms with Crippen LogP contribution in [-0.2, 0) is 18.6 Å². The average Bonchev–Trinajstić information content (AvgIpc) is 3.14. The van der Waals surface area contributed by atoms with Gasteiger partial charge in [0.1, 0.15) is 30.2 Å². The Morgan fingerprint density at radius 2 is 2.18 bits per heavy atom. The number of aromatic nitrogens is 4. The predicted octanol–water partition coefficient (Wildman–Crippen LogP) is 0.128. The van der Waals surface area contributed by atoms with Crippen LogP contribution in [0.15, 0.2) is 24.8 Å². The van der Waals surface area contributed by atoms with Crippen LogP contribution < -0.4 is 5.73 Å². The van der Waals surface area contributed by atoms with Gasteiger partial charge in [0.2, 0.25) is 0 Å². The minimum atomic E-state index is -4.88. The van der Waals surface area contributed by atoms with E-state index in [2.05, 4.69) is 21.5 Å². The van der Waals surface area contributed by atoms with Crippen LogP contribution in [0.4, 0.5) is 5.82 Å². The van der Waals surface area contributed by atoms with Crippen LogP contribution in [0.25, 0.3) is 11.2 Å². The van der Waals surface area contributed by atoms with Crippen molar-refractivity contribution in [3.63, 3.8) is 0 Å². The highest BCUT2D eigenvalue weighted by molar-refractivity contribution is 7.46. The van der Waals surface area contributed by atoms with Crippen molar-refractivity contribution in [2.24, 2.45) is 0 Å². The second-order valence-electron chi connectivity index (χ2n) is 6.48. The average molecular weight is 415 g/mol. The fourth-order valence-electron chi connectivity index (χ4n) is 2.87. The first kappa shape index (κ1) is 20.8. The number of fused-ring (bicyclic) bond motifs is 1. The predicted molar refractivity (Wildman–Crippen MR) is 96.8 cm³/mol. The summed E-state index contributed by atoms with van der Waals surface area (Å²) < 4.78 is 28.8. The zero-order valence-electron chi connectivity index (χ0n) is 15.1. The third-order valence-corrected chi connectivity index (χ3v) is 4.70. The standard InChI is InChI=1S/C15H22N5O7P/c1-8(2)3-4-25-5-9-12(27-28(22,23)24)11(21)15(26-9)20-7-19-10-13(16)17-6-18-14(10)20/h6-7,9,11-12,15,21H,1,3-5H2,2H3,(H2,16,17,18)(H2,22,23,24)/t9-,11-,12-,15-/m1/s1. The molecular formula is C15H22N5O7P. The maximum absolute atomic E-state index is 11.3. The molecule has 0 amide bonds. The summed E-state index contributed by atoms with van der Waals surface area (Å²) in [6, 6.07) is 0. The van der Waals surface area contributed by atoms with Crippen molar-refractivity contribution >= 4 is 24.8 Å². The largest absolute Gasteiger partial charge is 0.470 e. The molecule has 154 valence electrons. The topological polar surface area (TPSA) is 175 Å². The van der Waals surface area contributed by atoms with Crippen molar-refractivity contribution in [2.75, 3.05) is 18.9 Å².